The van der Waals surface area contributed by atoms with Crippen LogP contribution in [0.4, 0.5) is 4.79 Å². The summed E-state index contributed by atoms with van der Waals surface area (Å²) >= 11 is 3.72. The molecule has 0 bridgehead atoms. The molecular weight excluding hydrogens is 210 g/mol. The first kappa shape index (κ1) is 14.8. The van der Waals surface area contributed by atoms with Gasteiger partial charge >= 0.3 is 0 Å². The van der Waals surface area contributed by atoms with E-state index in [1.54, 1.807) is 11.9 Å². The third kappa shape index (κ3) is 10.1. The van der Waals surface area contributed by atoms with Crippen molar-refractivity contribution in [2.75, 3.05) is 26.8 Å². The minimum Gasteiger partial charge on any atom is -0.381 e. The van der Waals surface area contributed by atoms with Gasteiger partial charge in [-0.2, -0.15) is 0 Å². The van der Waals surface area contributed by atoms with Crippen molar-refractivity contribution >= 4 is 17.9 Å². The van der Waals surface area contributed by atoms with Crippen molar-refractivity contribution in [3.05, 3.63) is 0 Å². The van der Waals surface area contributed by atoms with Crippen molar-refractivity contribution in [2.45, 2.75) is 33.1 Å². The standard InChI is InChI=1S/C11H23NO2S/c1-10(2)6-4-8-14-9-5-7-12(3)11(13)15/h10H,4-9H2,1-3H3,(H,13,15). The summed E-state index contributed by atoms with van der Waals surface area (Å²) < 4.78 is 5.45. The van der Waals surface area contributed by atoms with Gasteiger partial charge in [0, 0.05) is 26.8 Å². The van der Waals surface area contributed by atoms with Gasteiger partial charge in [0.25, 0.3) is 5.24 Å². The molecule has 0 aromatic carbocycles. The van der Waals surface area contributed by atoms with E-state index < -0.39 is 0 Å². The second-order valence-electron chi connectivity index (χ2n) is 4.21. The first-order valence-corrected chi connectivity index (χ1v) is 6.00. The topological polar surface area (TPSA) is 29.5 Å². The van der Waals surface area contributed by atoms with Crippen LogP contribution in [0.1, 0.15) is 33.1 Å². The lowest BCUT2D eigenvalue weighted by Gasteiger charge is -2.13. The Kier molecular flexibility index (Phi) is 8.91. The summed E-state index contributed by atoms with van der Waals surface area (Å²) in [5.41, 5.74) is 0. The van der Waals surface area contributed by atoms with Crippen LogP contribution in [0.2, 0.25) is 0 Å². The zero-order chi connectivity index (χ0) is 11.7. The molecule has 0 aromatic rings. The fourth-order valence-electron chi connectivity index (χ4n) is 1.20. The first-order valence-electron chi connectivity index (χ1n) is 5.56. The lowest BCUT2D eigenvalue weighted by atomic mass is 10.1. The predicted octanol–water partition coefficient (Wildman–Crippen LogP) is 2.81. The van der Waals surface area contributed by atoms with Crippen LogP contribution in [0.5, 0.6) is 0 Å². The van der Waals surface area contributed by atoms with Crippen molar-refractivity contribution < 1.29 is 9.53 Å². The lowest BCUT2D eigenvalue weighted by Crippen LogP contribution is -2.23. The number of amides is 1. The minimum atomic E-state index is -0.185. The van der Waals surface area contributed by atoms with Crippen LogP contribution < -0.4 is 0 Å². The Labute approximate surface area is 98.6 Å². The lowest BCUT2D eigenvalue weighted by molar-refractivity contribution is 0.121. The van der Waals surface area contributed by atoms with Crippen LogP contribution in [-0.2, 0) is 4.74 Å². The molecule has 1 amide bonds. The summed E-state index contributed by atoms with van der Waals surface area (Å²) in [5, 5.41) is -0.185. The fourth-order valence-corrected chi connectivity index (χ4v) is 1.30. The molecule has 0 N–H and O–H groups in total. The SMILES string of the molecule is CC(C)CCCOCCCN(C)C(=O)S. The van der Waals surface area contributed by atoms with Crippen LogP contribution in [0.3, 0.4) is 0 Å². The number of rotatable bonds is 8. The van der Waals surface area contributed by atoms with Crippen molar-refractivity contribution in [2.24, 2.45) is 5.92 Å². The molecule has 0 atom stereocenters. The third-order valence-electron chi connectivity index (χ3n) is 2.18. The highest BCUT2D eigenvalue weighted by atomic mass is 32.1. The molecule has 0 radical (unpaired) electrons. The van der Waals surface area contributed by atoms with Crippen LogP contribution in [0.25, 0.3) is 0 Å². The molecule has 15 heavy (non-hydrogen) atoms. The molecule has 90 valence electrons. The minimum absolute atomic E-state index is 0.185. The molecule has 0 fully saturated rings. The summed E-state index contributed by atoms with van der Waals surface area (Å²) in [6.45, 7) is 6.70. The number of hydrogen-bond acceptors (Lipinski definition) is 2. The summed E-state index contributed by atoms with van der Waals surface area (Å²) in [6.07, 6.45) is 3.22. The average molecular weight is 233 g/mol. The number of ether oxygens (including phenoxy) is 1. The fraction of sp³-hybridized carbons (Fsp3) is 0.909. The molecule has 0 spiro atoms. The Hall–Kier alpha value is -0.220. The Bertz CT molecular complexity index is 174. The number of hydrogen-bond donors (Lipinski definition) is 1. The van der Waals surface area contributed by atoms with Crippen LogP contribution in [-0.4, -0.2) is 36.9 Å². The molecule has 0 aliphatic rings. The van der Waals surface area contributed by atoms with Crippen LogP contribution in [0.15, 0.2) is 0 Å². The first-order chi connectivity index (χ1) is 7.04. The quantitative estimate of drug-likeness (QED) is 0.516. The zero-order valence-electron chi connectivity index (χ0n) is 10.0. The van der Waals surface area contributed by atoms with E-state index >= 15 is 0 Å². The summed E-state index contributed by atoms with van der Waals surface area (Å²) in [7, 11) is 1.74. The van der Waals surface area contributed by atoms with Crippen molar-refractivity contribution in [1.82, 2.24) is 4.90 Å². The molecule has 0 aromatic heterocycles. The molecule has 0 unspecified atom stereocenters. The van der Waals surface area contributed by atoms with Gasteiger partial charge in [-0.25, -0.2) is 0 Å². The maximum Gasteiger partial charge on any atom is 0.278 e. The summed E-state index contributed by atoms with van der Waals surface area (Å²) in [5.74, 6) is 0.751. The van der Waals surface area contributed by atoms with E-state index in [1.807, 2.05) is 0 Å². The van der Waals surface area contributed by atoms with Gasteiger partial charge in [-0.3, -0.25) is 4.79 Å². The molecule has 0 heterocycles. The molecule has 3 nitrogen and oxygen atoms in total. The third-order valence-corrected chi connectivity index (χ3v) is 2.52. The number of thiol groups is 1. The molecular formula is C11H23NO2S. The second-order valence-corrected chi connectivity index (χ2v) is 4.59. The highest BCUT2D eigenvalue weighted by molar-refractivity contribution is 7.96. The Morgan fingerprint density at radius 1 is 1.33 bits per heavy atom. The number of carbonyl (C=O) groups is 1. The maximum atomic E-state index is 10.7. The second kappa shape index (κ2) is 9.04. The van der Waals surface area contributed by atoms with E-state index in [9.17, 15) is 4.79 Å². The molecule has 0 aliphatic heterocycles. The van der Waals surface area contributed by atoms with Gasteiger partial charge < -0.3 is 9.64 Å². The molecule has 0 aliphatic carbocycles. The molecule has 0 saturated heterocycles. The van der Waals surface area contributed by atoms with E-state index in [0.717, 1.165) is 32.0 Å². The van der Waals surface area contributed by atoms with Crippen molar-refractivity contribution in [1.29, 1.82) is 0 Å². The van der Waals surface area contributed by atoms with Crippen LogP contribution in [0, 0.1) is 5.92 Å². The highest BCUT2D eigenvalue weighted by Gasteiger charge is 2.01. The maximum absolute atomic E-state index is 10.7. The van der Waals surface area contributed by atoms with Gasteiger partial charge in [-0.1, -0.05) is 26.5 Å². The largest absolute Gasteiger partial charge is 0.381 e. The normalized spacial score (nSPS) is 10.7. The van der Waals surface area contributed by atoms with Gasteiger partial charge in [-0.15, -0.1) is 0 Å². The predicted molar refractivity (Wildman–Crippen MR) is 66.5 cm³/mol. The van der Waals surface area contributed by atoms with E-state index in [-0.39, 0.29) is 5.24 Å². The molecule has 4 heteroatoms. The van der Waals surface area contributed by atoms with Gasteiger partial charge in [-0.05, 0) is 25.2 Å². The average Bonchev–Trinajstić information content (AvgIpc) is 2.15. The number of carbonyl (C=O) groups excluding carboxylic acids is 1. The highest BCUT2D eigenvalue weighted by Crippen LogP contribution is 2.03. The van der Waals surface area contributed by atoms with Crippen LogP contribution >= 0.6 is 12.6 Å². The Morgan fingerprint density at radius 3 is 2.47 bits per heavy atom. The van der Waals surface area contributed by atoms with E-state index in [4.69, 9.17) is 4.74 Å². The number of nitrogens with zero attached hydrogens (tertiary/aromatic N) is 1. The van der Waals surface area contributed by atoms with Gasteiger partial charge in [0.1, 0.15) is 0 Å². The van der Waals surface area contributed by atoms with Gasteiger partial charge in [0.05, 0.1) is 0 Å². The molecule has 0 saturated carbocycles. The van der Waals surface area contributed by atoms with Gasteiger partial charge in [0.2, 0.25) is 0 Å². The molecule has 0 rings (SSSR count). The van der Waals surface area contributed by atoms with Crippen molar-refractivity contribution in [3.8, 4) is 0 Å². The van der Waals surface area contributed by atoms with E-state index in [0.29, 0.717) is 6.54 Å². The zero-order valence-corrected chi connectivity index (χ0v) is 10.9. The summed E-state index contributed by atoms with van der Waals surface area (Å²) in [4.78, 5) is 12.3. The van der Waals surface area contributed by atoms with E-state index in [1.165, 1.54) is 6.42 Å². The van der Waals surface area contributed by atoms with Gasteiger partial charge in [0.15, 0.2) is 0 Å². The Balaban J connectivity index is 3.15. The monoisotopic (exact) mass is 233 g/mol. The smallest absolute Gasteiger partial charge is 0.278 e. The van der Waals surface area contributed by atoms with Crippen molar-refractivity contribution in [3.63, 3.8) is 0 Å². The van der Waals surface area contributed by atoms with E-state index in [2.05, 4.69) is 26.5 Å². The Morgan fingerprint density at radius 2 is 1.93 bits per heavy atom. The summed E-state index contributed by atoms with van der Waals surface area (Å²) in [6, 6.07) is 0.